The van der Waals surface area contributed by atoms with Crippen molar-refractivity contribution in [3.8, 4) is 11.3 Å². The molecule has 2 aromatic heterocycles. The summed E-state index contributed by atoms with van der Waals surface area (Å²) in [6.07, 6.45) is 2.07. The Bertz CT molecular complexity index is 1070. The lowest BCUT2D eigenvalue weighted by Gasteiger charge is -2.29. The summed E-state index contributed by atoms with van der Waals surface area (Å²) >= 11 is 0. The van der Waals surface area contributed by atoms with Crippen molar-refractivity contribution in [2.45, 2.75) is 20.0 Å². The van der Waals surface area contributed by atoms with Gasteiger partial charge in [-0.25, -0.2) is 4.68 Å². The first kappa shape index (κ1) is 13.4. The second kappa shape index (κ2) is 4.74. The molecule has 2 N–H and O–H groups in total. The van der Waals surface area contributed by atoms with E-state index >= 15 is 0 Å². The maximum absolute atomic E-state index is 4.76. The molecule has 3 heterocycles. The smallest absolute Gasteiger partial charge is 0.149 e. The van der Waals surface area contributed by atoms with Crippen molar-refractivity contribution in [2.24, 2.45) is 0 Å². The Kier molecular flexibility index (Phi) is 2.65. The van der Waals surface area contributed by atoms with Crippen LogP contribution in [0.2, 0.25) is 0 Å². The molecule has 0 saturated heterocycles. The Morgan fingerprint density at radius 2 is 1.92 bits per heavy atom. The van der Waals surface area contributed by atoms with Gasteiger partial charge in [0.2, 0.25) is 0 Å². The molecule has 4 heteroatoms. The standard InChI is InChI=1S/C20H18N4/c1-12-7-8-18-15(9-12)19-10-13(2)23-24(19)20(22-18)16-11-21-17-6-4-3-5-14(16)17/h3-11,20-22H,1-2H3/t20-/m0/s1. The van der Waals surface area contributed by atoms with Crippen LogP contribution in [0.1, 0.15) is 23.0 Å². The Balaban J connectivity index is 1.75. The van der Waals surface area contributed by atoms with Gasteiger partial charge in [0, 0.05) is 33.9 Å². The number of aromatic amines is 1. The highest BCUT2D eigenvalue weighted by Gasteiger charge is 2.28. The first-order valence-corrected chi connectivity index (χ1v) is 8.20. The molecule has 0 unspecified atom stereocenters. The van der Waals surface area contributed by atoms with E-state index in [4.69, 9.17) is 5.10 Å². The van der Waals surface area contributed by atoms with Crippen LogP contribution in [-0.4, -0.2) is 14.8 Å². The third-order valence-corrected chi connectivity index (χ3v) is 4.76. The van der Waals surface area contributed by atoms with Crippen LogP contribution in [0.3, 0.4) is 0 Å². The van der Waals surface area contributed by atoms with Gasteiger partial charge in [0.1, 0.15) is 6.17 Å². The van der Waals surface area contributed by atoms with Crippen LogP contribution in [0.15, 0.2) is 54.7 Å². The molecule has 4 aromatic rings. The second-order valence-electron chi connectivity index (χ2n) is 6.50. The molecule has 0 fully saturated rings. The van der Waals surface area contributed by atoms with Crippen LogP contribution in [-0.2, 0) is 0 Å². The van der Waals surface area contributed by atoms with Gasteiger partial charge in [0.15, 0.2) is 0 Å². The summed E-state index contributed by atoms with van der Waals surface area (Å²) in [6.45, 7) is 4.17. The number of hydrogen-bond acceptors (Lipinski definition) is 2. The minimum absolute atomic E-state index is 0.0138. The van der Waals surface area contributed by atoms with Crippen molar-refractivity contribution >= 4 is 16.6 Å². The highest BCUT2D eigenvalue weighted by Crippen LogP contribution is 2.40. The third kappa shape index (κ3) is 1.83. The molecular formula is C20H18N4. The number of nitrogens with one attached hydrogen (secondary N) is 2. The molecule has 0 amide bonds. The minimum atomic E-state index is -0.0138. The number of hydrogen-bond donors (Lipinski definition) is 2. The van der Waals surface area contributed by atoms with Crippen molar-refractivity contribution < 1.29 is 0 Å². The quantitative estimate of drug-likeness (QED) is 0.538. The second-order valence-corrected chi connectivity index (χ2v) is 6.50. The molecule has 0 saturated carbocycles. The summed E-state index contributed by atoms with van der Waals surface area (Å²) in [5.74, 6) is 0. The average molecular weight is 314 g/mol. The number of nitrogens with zero attached hydrogens (tertiary/aromatic N) is 2. The summed E-state index contributed by atoms with van der Waals surface area (Å²) in [4.78, 5) is 3.38. The van der Waals surface area contributed by atoms with Crippen LogP contribution < -0.4 is 5.32 Å². The molecule has 5 rings (SSSR count). The number of fused-ring (bicyclic) bond motifs is 4. The number of anilines is 1. The van der Waals surface area contributed by atoms with Crippen LogP contribution in [0.4, 0.5) is 5.69 Å². The lowest BCUT2D eigenvalue weighted by Crippen LogP contribution is -2.25. The van der Waals surface area contributed by atoms with Gasteiger partial charge < -0.3 is 10.3 Å². The molecule has 0 radical (unpaired) electrons. The Labute approximate surface area is 140 Å². The van der Waals surface area contributed by atoms with E-state index in [9.17, 15) is 0 Å². The molecule has 1 atom stereocenters. The Hall–Kier alpha value is -3.01. The van der Waals surface area contributed by atoms with Crippen molar-refractivity contribution in [3.63, 3.8) is 0 Å². The van der Waals surface area contributed by atoms with E-state index < -0.39 is 0 Å². The summed E-state index contributed by atoms with van der Waals surface area (Å²) in [7, 11) is 0. The summed E-state index contributed by atoms with van der Waals surface area (Å²) in [5, 5.41) is 9.66. The molecule has 24 heavy (non-hydrogen) atoms. The van der Waals surface area contributed by atoms with E-state index in [1.807, 2.05) is 6.92 Å². The van der Waals surface area contributed by atoms with E-state index in [0.29, 0.717) is 0 Å². The number of aromatic nitrogens is 3. The predicted octanol–water partition coefficient (Wildman–Crippen LogP) is 4.62. The van der Waals surface area contributed by atoms with Crippen molar-refractivity contribution in [3.05, 3.63) is 71.5 Å². The minimum Gasteiger partial charge on any atom is -0.361 e. The largest absolute Gasteiger partial charge is 0.361 e. The number of rotatable bonds is 1. The van der Waals surface area contributed by atoms with Gasteiger partial charge >= 0.3 is 0 Å². The van der Waals surface area contributed by atoms with Crippen LogP contribution in [0.25, 0.3) is 22.2 Å². The van der Waals surface area contributed by atoms with Gasteiger partial charge in [0.25, 0.3) is 0 Å². The zero-order chi connectivity index (χ0) is 16.3. The van der Waals surface area contributed by atoms with E-state index in [0.717, 1.165) is 16.9 Å². The van der Waals surface area contributed by atoms with Gasteiger partial charge in [0.05, 0.1) is 11.4 Å². The van der Waals surface area contributed by atoms with Gasteiger partial charge in [-0.05, 0) is 38.1 Å². The topological polar surface area (TPSA) is 45.6 Å². The number of benzene rings is 2. The van der Waals surface area contributed by atoms with Gasteiger partial charge in [-0.3, -0.25) is 0 Å². The lowest BCUT2D eigenvalue weighted by atomic mass is 10.0. The molecular weight excluding hydrogens is 296 g/mol. The summed E-state index contributed by atoms with van der Waals surface area (Å²) < 4.78 is 2.10. The maximum Gasteiger partial charge on any atom is 0.149 e. The molecule has 118 valence electrons. The lowest BCUT2D eigenvalue weighted by molar-refractivity contribution is 0.574. The average Bonchev–Trinajstić information content (AvgIpc) is 3.18. The number of para-hydroxylation sites is 1. The first-order chi connectivity index (χ1) is 11.7. The molecule has 1 aliphatic rings. The monoisotopic (exact) mass is 314 g/mol. The Morgan fingerprint density at radius 1 is 1.04 bits per heavy atom. The molecule has 0 spiro atoms. The van der Waals surface area contributed by atoms with E-state index in [-0.39, 0.29) is 6.17 Å². The van der Waals surface area contributed by atoms with Crippen molar-refractivity contribution in [2.75, 3.05) is 5.32 Å². The normalized spacial score (nSPS) is 15.8. The summed E-state index contributed by atoms with van der Waals surface area (Å²) in [5.41, 5.74) is 8.18. The van der Waals surface area contributed by atoms with Crippen LogP contribution in [0.5, 0.6) is 0 Å². The molecule has 2 aromatic carbocycles. The number of H-pyrrole nitrogens is 1. The molecule has 4 nitrogen and oxygen atoms in total. The highest BCUT2D eigenvalue weighted by molar-refractivity contribution is 5.86. The molecule has 1 aliphatic heterocycles. The zero-order valence-corrected chi connectivity index (χ0v) is 13.7. The van der Waals surface area contributed by atoms with Crippen molar-refractivity contribution in [1.82, 2.24) is 14.8 Å². The number of aryl methyl sites for hydroxylation is 2. The van der Waals surface area contributed by atoms with Gasteiger partial charge in [-0.1, -0.05) is 29.8 Å². The van der Waals surface area contributed by atoms with Crippen molar-refractivity contribution in [1.29, 1.82) is 0 Å². The fourth-order valence-corrected chi connectivity index (χ4v) is 3.65. The fraction of sp³-hybridized carbons (Fsp3) is 0.150. The summed E-state index contributed by atoms with van der Waals surface area (Å²) in [6, 6.07) is 17.1. The highest BCUT2D eigenvalue weighted by atomic mass is 15.4. The van der Waals surface area contributed by atoms with Gasteiger partial charge in [-0.2, -0.15) is 5.10 Å². The Morgan fingerprint density at radius 3 is 2.83 bits per heavy atom. The van der Waals surface area contributed by atoms with Crippen LogP contribution >= 0.6 is 0 Å². The van der Waals surface area contributed by atoms with E-state index in [2.05, 4.69) is 76.6 Å². The molecule has 0 aliphatic carbocycles. The predicted molar refractivity (Wildman–Crippen MR) is 97.2 cm³/mol. The molecule has 0 bridgehead atoms. The fourth-order valence-electron chi connectivity index (χ4n) is 3.65. The maximum atomic E-state index is 4.76. The SMILES string of the molecule is Cc1ccc2c(c1)-c1cc(C)nn1[C@@H](c1c[nH]c3ccccc13)N2. The van der Waals surface area contributed by atoms with E-state index in [1.165, 1.54) is 27.8 Å². The third-order valence-electron chi connectivity index (χ3n) is 4.76. The van der Waals surface area contributed by atoms with Gasteiger partial charge in [-0.15, -0.1) is 0 Å². The van der Waals surface area contributed by atoms with Crippen LogP contribution in [0, 0.1) is 13.8 Å². The first-order valence-electron chi connectivity index (χ1n) is 8.20. The van der Waals surface area contributed by atoms with E-state index in [1.54, 1.807) is 0 Å². The zero-order valence-electron chi connectivity index (χ0n) is 13.7.